The van der Waals surface area contributed by atoms with Gasteiger partial charge in [0.2, 0.25) is 11.8 Å². The van der Waals surface area contributed by atoms with Crippen molar-refractivity contribution in [2.45, 2.75) is 64.2 Å². The molecule has 2 aromatic rings. The Morgan fingerprint density at radius 1 is 1.16 bits per heavy atom. The molecule has 2 saturated heterocycles. The minimum Gasteiger partial charge on any atom is -0.461 e. The van der Waals surface area contributed by atoms with Crippen molar-refractivity contribution >= 4 is 38.3 Å². The highest BCUT2D eigenvalue weighted by molar-refractivity contribution is 7.96. The van der Waals surface area contributed by atoms with Gasteiger partial charge in [0.15, 0.2) is 14.7 Å². The topological polar surface area (TPSA) is 136 Å². The number of anilines is 1. The molecule has 0 aliphatic carbocycles. The molecular formula is C27H35N5O5S. The van der Waals surface area contributed by atoms with Gasteiger partial charge in [-0.15, -0.1) is 0 Å². The summed E-state index contributed by atoms with van der Waals surface area (Å²) in [5.74, 6) is 0.328. The molecule has 0 radical (unpaired) electrons. The van der Waals surface area contributed by atoms with Crippen LogP contribution >= 0.6 is 0 Å². The predicted molar refractivity (Wildman–Crippen MR) is 144 cm³/mol. The van der Waals surface area contributed by atoms with Crippen molar-refractivity contribution in [2.24, 2.45) is 0 Å². The summed E-state index contributed by atoms with van der Waals surface area (Å²) < 4.78 is 31.9. The van der Waals surface area contributed by atoms with Crippen LogP contribution in [-0.2, 0) is 19.4 Å². The van der Waals surface area contributed by atoms with E-state index < -0.39 is 26.0 Å². The second-order valence-electron chi connectivity index (χ2n) is 10.2. The quantitative estimate of drug-likeness (QED) is 0.486. The Hall–Kier alpha value is -3.52. The standard InChI is InChI=1S/C27H35N5O5S/c1-18(2)38(35,36)24(16-28)26(29-21-9-10-23-20(15-21)14-19(3)37-23)30-22-8-4-5-13-32(27(22)34)17-25(33)31-11-6-7-12-31/h9-10,14-15,18,22,29-30H,4-8,11-13,17H2,1-3H3/b26-24-/t22-/m0/s1. The Balaban J connectivity index is 1.65. The number of nitriles is 1. The molecular weight excluding hydrogens is 506 g/mol. The van der Waals surface area contributed by atoms with Crippen LogP contribution in [0.15, 0.2) is 39.4 Å². The molecule has 11 heteroatoms. The molecule has 2 amide bonds. The molecule has 2 N–H and O–H groups in total. The molecule has 1 aromatic carbocycles. The number of carbonyl (C=O) groups excluding carboxylic acids is 2. The molecule has 1 aromatic heterocycles. The molecule has 204 valence electrons. The van der Waals surface area contributed by atoms with E-state index in [1.54, 1.807) is 28.0 Å². The number of benzene rings is 1. The van der Waals surface area contributed by atoms with E-state index in [-0.39, 0.29) is 24.2 Å². The first-order chi connectivity index (χ1) is 18.1. The van der Waals surface area contributed by atoms with Crippen LogP contribution in [0.1, 0.15) is 51.7 Å². The highest BCUT2D eigenvalue weighted by Crippen LogP contribution is 2.26. The zero-order valence-corrected chi connectivity index (χ0v) is 22.9. The lowest BCUT2D eigenvalue weighted by Crippen LogP contribution is -2.49. The van der Waals surface area contributed by atoms with E-state index in [2.05, 4.69) is 10.6 Å². The lowest BCUT2D eigenvalue weighted by Gasteiger charge is -2.28. The molecule has 0 saturated carbocycles. The average Bonchev–Trinajstić information content (AvgIpc) is 3.50. The van der Waals surface area contributed by atoms with Crippen molar-refractivity contribution < 1.29 is 22.4 Å². The van der Waals surface area contributed by atoms with Crippen molar-refractivity contribution in [3.05, 3.63) is 40.8 Å². The molecule has 0 bridgehead atoms. The third-order valence-corrected chi connectivity index (χ3v) is 9.13. The predicted octanol–water partition coefficient (Wildman–Crippen LogP) is 3.26. The lowest BCUT2D eigenvalue weighted by molar-refractivity contribution is -0.140. The molecule has 0 spiro atoms. The summed E-state index contributed by atoms with van der Waals surface area (Å²) in [7, 11) is -3.98. The van der Waals surface area contributed by atoms with Crippen LogP contribution < -0.4 is 10.6 Å². The van der Waals surface area contributed by atoms with Gasteiger partial charge in [0.05, 0.1) is 11.8 Å². The van der Waals surface area contributed by atoms with Gasteiger partial charge in [-0.25, -0.2) is 8.42 Å². The van der Waals surface area contributed by atoms with E-state index >= 15 is 0 Å². The molecule has 0 unspecified atom stereocenters. The van der Waals surface area contributed by atoms with Crippen molar-refractivity contribution in [2.75, 3.05) is 31.5 Å². The Labute approximate surface area is 223 Å². The van der Waals surface area contributed by atoms with Gasteiger partial charge in [0, 0.05) is 30.7 Å². The number of likely N-dealkylation sites (tertiary alicyclic amines) is 2. The van der Waals surface area contributed by atoms with Crippen molar-refractivity contribution in [3.63, 3.8) is 0 Å². The zero-order valence-electron chi connectivity index (χ0n) is 22.1. The second-order valence-corrected chi connectivity index (χ2v) is 12.6. The summed E-state index contributed by atoms with van der Waals surface area (Å²) in [6, 6.07) is 8.18. The first kappa shape index (κ1) is 27.5. The van der Waals surface area contributed by atoms with Gasteiger partial charge in [-0.05, 0) is 77.1 Å². The van der Waals surface area contributed by atoms with Gasteiger partial charge in [-0.2, -0.15) is 5.26 Å². The van der Waals surface area contributed by atoms with E-state index in [4.69, 9.17) is 4.42 Å². The third kappa shape index (κ3) is 5.96. The number of hydrogen-bond acceptors (Lipinski definition) is 8. The van der Waals surface area contributed by atoms with E-state index in [1.807, 2.05) is 19.1 Å². The fourth-order valence-corrected chi connectivity index (χ4v) is 5.85. The molecule has 1 atom stereocenters. The molecule has 2 aliphatic heterocycles. The molecule has 38 heavy (non-hydrogen) atoms. The Kier molecular flexibility index (Phi) is 8.31. The number of aryl methyl sites for hydroxylation is 1. The summed E-state index contributed by atoms with van der Waals surface area (Å²) in [6.45, 7) is 6.71. The Morgan fingerprint density at radius 2 is 1.87 bits per heavy atom. The first-order valence-corrected chi connectivity index (χ1v) is 14.6. The number of rotatable bonds is 8. The number of nitrogens with zero attached hydrogens (tertiary/aromatic N) is 3. The Bertz CT molecular complexity index is 1380. The van der Waals surface area contributed by atoms with E-state index in [0.717, 1.165) is 30.4 Å². The smallest absolute Gasteiger partial charge is 0.245 e. The number of amides is 2. The zero-order chi connectivity index (χ0) is 27.4. The molecule has 2 fully saturated rings. The van der Waals surface area contributed by atoms with Crippen molar-refractivity contribution in [1.29, 1.82) is 5.26 Å². The van der Waals surface area contributed by atoms with Crippen LogP contribution in [0, 0.1) is 18.3 Å². The normalized spacial score (nSPS) is 19.3. The van der Waals surface area contributed by atoms with Gasteiger partial charge >= 0.3 is 0 Å². The van der Waals surface area contributed by atoms with Gasteiger partial charge in [0.1, 0.15) is 29.3 Å². The van der Waals surface area contributed by atoms with Crippen LogP contribution in [0.25, 0.3) is 11.0 Å². The molecule has 10 nitrogen and oxygen atoms in total. The van der Waals surface area contributed by atoms with Crippen molar-refractivity contribution in [3.8, 4) is 6.07 Å². The van der Waals surface area contributed by atoms with Crippen LogP contribution in [0.4, 0.5) is 5.69 Å². The fourth-order valence-electron chi connectivity index (χ4n) is 4.85. The highest BCUT2D eigenvalue weighted by Gasteiger charge is 2.33. The van der Waals surface area contributed by atoms with Crippen LogP contribution in [0.2, 0.25) is 0 Å². The fraction of sp³-hybridized carbons (Fsp3) is 0.519. The third-order valence-electron chi connectivity index (χ3n) is 7.03. The van der Waals surface area contributed by atoms with Crippen LogP contribution in [0.3, 0.4) is 0 Å². The largest absolute Gasteiger partial charge is 0.461 e. The number of nitrogens with one attached hydrogen (secondary N) is 2. The number of carbonyl (C=O) groups is 2. The number of furan rings is 1. The SMILES string of the molecule is Cc1cc2cc(N/C(N[C@H]3CCCCN(CC(=O)N4CCCC4)C3=O)=C(\C#N)S(=O)(=O)C(C)C)ccc2o1. The first-order valence-electron chi connectivity index (χ1n) is 13.1. The summed E-state index contributed by atoms with van der Waals surface area (Å²) in [5, 5.41) is 16.0. The molecule has 4 rings (SSSR count). The maximum absolute atomic E-state index is 13.6. The van der Waals surface area contributed by atoms with E-state index in [0.29, 0.717) is 43.7 Å². The minimum absolute atomic E-state index is 0.00457. The van der Waals surface area contributed by atoms with Gasteiger partial charge in [-0.1, -0.05) is 0 Å². The Morgan fingerprint density at radius 3 is 2.55 bits per heavy atom. The van der Waals surface area contributed by atoms with E-state index in [1.165, 1.54) is 13.8 Å². The monoisotopic (exact) mass is 541 g/mol. The maximum atomic E-state index is 13.6. The minimum atomic E-state index is -3.98. The van der Waals surface area contributed by atoms with Crippen LogP contribution in [-0.4, -0.2) is 67.5 Å². The van der Waals surface area contributed by atoms with Gasteiger partial charge < -0.3 is 24.9 Å². The number of sulfone groups is 1. The second kappa shape index (κ2) is 11.5. The van der Waals surface area contributed by atoms with Crippen molar-refractivity contribution in [1.82, 2.24) is 15.1 Å². The summed E-state index contributed by atoms with van der Waals surface area (Å²) >= 11 is 0. The van der Waals surface area contributed by atoms with E-state index in [9.17, 15) is 23.3 Å². The van der Waals surface area contributed by atoms with Gasteiger partial charge in [-0.3, -0.25) is 9.59 Å². The summed E-state index contributed by atoms with van der Waals surface area (Å²) in [4.78, 5) is 29.2. The number of fused-ring (bicyclic) bond motifs is 1. The summed E-state index contributed by atoms with van der Waals surface area (Å²) in [6.07, 6.45) is 3.82. The summed E-state index contributed by atoms with van der Waals surface area (Å²) in [5.41, 5.74) is 1.22. The number of hydrogen-bond donors (Lipinski definition) is 2. The van der Waals surface area contributed by atoms with Crippen LogP contribution in [0.5, 0.6) is 0 Å². The molecule has 3 heterocycles. The maximum Gasteiger partial charge on any atom is 0.245 e. The average molecular weight is 542 g/mol. The molecule has 2 aliphatic rings. The van der Waals surface area contributed by atoms with Gasteiger partial charge in [0.25, 0.3) is 0 Å². The highest BCUT2D eigenvalue weighted by atomic mass is 32.2. The lowest BCUT2D eigenvalue weighted by atomic mass is 10.1. The number of allylic oxidation sites excluding steroid dienone is 1.